The second-order valence-electron chi connectivity index (χ2n) is 10.1. The monoisotopic (exact) mass is 637 g/mol. The Morgan fingerprint density at radius 1 is 1.02 bits per heavy atom. The van der Waals surface area contributed by atoms with Crippen molar-refractivity contribution >= 4 is 50.0 Å². The Kier molecular flexibility index (Phi) is 8.54. The van der Waals surface area contributed by atoms with E-state index in [4.69, 9.17) is 33.0 Å². The summed E-state index contributed by atoms with van der Waals surface area (Å²) in [5.41, 5.74) is 3.94. The number of rotatable bonds is 8. The number of fused-ring (bicyclic) bond motifs is 1. The van der Waals surface area contributed by atoms with Gasteiger partial charge < -0.3 is 10.1 Å². The first-order valence-electron chi connectivity index (χ1n) is 13.4. The van der Waals surface area contributed by atoms with Crippen molar-refractivity contribution in [1.82, 2.24) is 15.1 Å². The molecule has 0 aliphatic carbocycles. The number of carbonyl (C=O) groups excluding carboxylic acids is 1. The summed E-state index contributed by atoms with van der Waals surface area (Å²) in [6, 6.07) is 20.1. The van der Waals surface area contributed by atoms with Crippen LogP contribution in [0.4, 0.5) is 0 Å². The van der Waals surface area contributed by atoms with E-state index in [1.165, 1.54) is 6.07 Å². The van der Waals surface area contributed by atoms with Gasteiger partial charge in [0.05, 0.1) is 24.5 Å². The van der Waals surface area contributed by atoms with Crippen LogP contribution in [0.1, 0.15) is 41.4 Å². The molecule has 0 saturated heterocycles. The molecule has 0 saturated carbocycles. The summed E-state index contributed by atoms with van der Waals surface area (Å²) in [6.45, 7) is 6.12. The van der Waals surface area contributed by atoms with Gasteiger partial charge in [-0.2, -0.15) is 13.5 Å². The summed E-state index contributed by atoms with van der Waals surface area (Å²) in [7, 11) is -3.11. The maximum Gasteiger partial charge on any atom is 0.295 e. The molecule has 0 spiro atoms. The number of halogens is 2. The molecule has 1 heterocycles. The lowest BCUT2D eigenvalue weighted by molar-refractivity contribution is 0.0955. The molecule has 1 aromatic heterocycles. The SMILES string of the molecule is CCNC(=O)c1ccc(C(C)n2nc(-c3cc(Cl)cc(Cl)c3)c(C)c2-c2c(S(=O)(=O)O)ccc3cc(OC)ccc23)cc1. The molecular weight excluding hydrogens is 609 g/mol. The Hall–Kier alpha value is -3.89. The third-order valence-corrected chi connectivity index (χ3v) is 8.68. The van der Waals surface area contributed by atoms with Crippen LogP contribution < -0.4 is 10.1 Å². The minimum Gasteiger partial charge on any atom is -0.497 e. The number of benzene rings is 4. The fourth-order valence-electron chi connectivity index (χ4n) is 5.25. The predicted molar refractivity (Wildman–Crippen MR) is 170 cm³/mol. The van der Waals surface area contributed by atoms with Crippen LogP contribution in [0.15, 0.2) is 77.7 Å². The van der Waals surface area contributed by atoms with E-state index in [0.29, 0.717) is 61.2 Å². The van der Waals surface area contributed by atoms with Crippen LogP contribution in [0.2, 0.25) is 10.0 Å². The molecular formula is C32H29Cl2N3O5S. The summed E-state index contributed by atoms with van der Waals surface area (Å²) in [5.74, 6) is 0.416. The predicted octanol–water partition coefficient (Wildman–Crippen LogP) is 7.60. The number of nitrogens with zero attached hydrogens (tertiary/aromatic N) is 2. The molecule has 0 aliphatic rings. The van der Waals surface area contributed by atoms with E-state index >= 15 is 0 Å². The van der Waals surface area contributed by atoms with Crippen molar-refractivity contribution in [2.75, 3.05) is 13.7 Å². The molecule has 1 atom stereocenters. The van der Waals surface area contributed by atoms with E-state index in [2.05, 4.69) is 5.32 Å². The van der Waals surface area contributed by atoms with Gasteiger partial charge in [-0.05, 0) is 91.7 Å². The maximum absolute atomic E-state index is 12.8. The quantitative estimate of drug-likeness (QED) is 0.169. The van der Waals surface area contributed by atoms with Gasteiger partial charge in [-0.1, -0.05) is 41.4 Å². The molecule has 4 aromatic carbocycles. The van der Waals surface area contributed by atoms with Gasteiger partial charge in [0.25, 0.3) is 16.0 Å². The summed E-state index contributed by atoms with van der Waals surface area (Å²) in [5, 5.41) is 9.90. The summed E-state index contributed by atoms with van der Waals surface area (Å²) >= 11 is 12.7. The second-order valence-corrected chi connectivity index (χ2v) is 12.3. The molecule has 2 N–H and O–H groups in total. The molecule has 5 aromatic rings. The summed E-state index contributed by atoms with van der Waals surface area (Å²) in [4.78, 5) is 12.1. The summed E-state index contributed by atoms with van der Waals surface area (Å²) in [6.07, 6.45) is 0. The Bertz CT molecular complexity index is 1950. The molecule has 0 aliphatic heterocycles. The first kappa shape index (κ1) is 30.6. The van der Waals surface area contributed by atoms with Crippen molar-refractivity contribution < 1.29 is 22.5 Å². The van der Waals surface area contributed by atoms with E-state index in [-0.39, 0.29) is 16.4 Å². The van der Waals surface area contributed by atoms with Crippen molar-refractivity contribution in [3.05, 3.63) is 99.5 Å². The standard InChI is InChI=1S/C32H29Cl2N3O5S/c1-5-35-32(38)21-8-6-20(7-9-21)19(3)37-31(18(2)30(36-37)23-14-24(33)17-25(34)15-23)29-27-12-11-26(42-4)16-22(27)10-13-28(29)43(39,40)41/h6-17,19H,5H2,1-4H3,(H,35,38)(H,39,40,41). The van der Waals surface area contributed by atoms with Crippen LogP contribution in [0.25, 0.3) is 33.3 Å². The van der Waals surface area contributed by atoms with E-state index in [0.717, 1.165) is 5.56 Å². The van der Waals surface area contributed by atoms with Crippen molar-refractivity contribution in [1.29, 1.82) is 0 Å². The van der Waals surface area contributed by atoms with Gasteiger partial charge in [0.2, 0.25) is 0 Å². The molecule has 0 fully saturated rings. The number of methoxy groups -OCH3 is 1. The van der Waals surface area contributed by atoms with Gasteiger partial charge in [0.1, 0.15) is 10.6 Å². The highest BCUT2D eigenvalue weighted by Crippen LogP contribution is 2.43. The molecule has 43 heavy (non-hydrogen) atoms. The first-order chi connectivity index (χ1) is 20.4. The first-order valence-corrected chi connectivity index (χ1v) is 15.6. The number of hydrogen-bond acceptors (Lipinski definition) is 5. The Morgan fingerprint density at radius 3 is 2.30 bits per heavy atom. The highest BCUT2D eigenvalue weighted by Gasteiger charge is 2.28. The van der Waals surface area contributed by atoms with Crippen molar-refractivity contribution in [2.45, 2.75) is 31.7 Å². The van der Waals surface area contributed by atoms with Crippen LogP contribution in [-0.2, 0) is 10.1 Å². The average Bonchev–Trinajstić information content (AvgIpc) is 3.31. The molecule has 222 valence electrons. The lowest BCUT2D eigenvalue weighted by Gasteiger charge is -2.20. The zero-order chi connectivity index (χ0) is 31.1. The molecule has 8 nitrogen and oxygen atoms in total. The molecule has 1 amide bonds. The van der Waals surface area contributed by atoms with Crippen LogP contribution >= 0.6 is 23.2 Å². The number of ether oxygens (including phenoxy) is 1. The Balaban J connectivity index is 1.82. The van der Waals surface area contributed by atoms with Gasteiger partial charge in [0.15, 0.2) is 0 Å². The van der Waals surface area contributed by atoms with Crippen LogP contribution in [0.3, 0.4) is 0 Å². The highest BCUT2D eigenvalue weighted by molar-refractivity contribution is 7.86. The topological polar surface area (TPSA) is 111 Å². The fraction of sp³-hybridized carbons (Fsp3) is 0.188. The van der Waals surface area contributed by atoms with Gasteiger partial charge >= 0.3 is 0 Å². The smallest absolute Gasteiger partial charge is 0.295 e. The van der Waals surface area contributed by atoms with E-state index in [1.54, 1.807) is 66.4 Å². The van der Waals surface area contributed by atoms with Crippen molar-refractivity contribution in [2.24, 2.45) is 0 Å². The third kappa shape index (κ3) is 5.99. The van der Waals surface area contributed by atoms with Gasteiger partial charge in [0, 0.05) is 38.8 Å². The number of nitrogens with one attached hydrogen (secondary N) is 1. The van der Waals surface area contributed by atoms with E-state index < -0.39 is 16.2 Å². The number of hydrogen-bond donors (Lipinski definition) is 2. The fourth-order valence-corrected chi connectivity index (χ4v) is 6.49. The van der Waals surface area contributed by atoms with Gasteiger partial charge in [-0.3, -0.25) is 14.0 Å². The van der Waals surface area contributed by atoms with Crippen LogP contribution in [0, 0.1) is 6.92 Å². The van der Waals surface area contributed by atoms with Gasteiger partial charge in [-0.25, -0.2) is 0 Å². The molecule has 0 radical (unpaired) electrons. The van der Waals surface area contributed by atoms with E-state index in [9.17, 15) is 17.8 Å². The number of carbonyl (C=O) groups is 1. The number of aromatic nitrogens is 2. The van der Waals surface area contributed by atoms with Crippen molar-refractivity contribution in [3.63, 3.8) is 0 Å². The van der Waals surface area contributed by atoms with Crippen LogP contribution in [0.5, 0.6) is 5.75 Å². The zero-order valence-electron chi connectivity index (χ0n) is 23.9. The minimum absolute atomic E-state index is 0.179. The normalized spacial score (nSPS) is 12.3. The third-order valence-electron chi connectivity index (χ3n) is 7.35. The molecule has 0 bridgehead atoms. The lowest BCUT2D eigenvalue weighted by atomic mass is 9.96. The van der Waals surface area contributed by atoms with Crippen molar-refractivity contribution in [3.8, 4) is 28.3 Å². The summed E-state index contributed by atoms with van der Waals surface area (Å²) < 4.78 is 43.1. The number of amides is 1. The highest BCUT2D eigenvalue weighted by atomic mass is 35.5. The largest absolute Gasteiger partial charge is 0.497 e. The van der Waals surface area contributed by atoms with Crippen LogP contribution in [-0.4, -0.2) is 42.3 Å². The lowest BCUT2D eigenvalue weighted by Crippen LogP contribution is -2.22. The second kappa shape index (κ2) is 12.0. The molecule has 11 heteroatoms. The van der Waals surface area contributed by atoms with Gasteiger partial charge in [-0.15, -0.1) is 0 Å². The maximum atomic E-state index is 12.8. The molecule has 1 unspecified atom stereocenters. The zero-order valence-corrected chi connectivity index (χ0v) is 26.2. The Labute approximate surface area is 260 Å². The Morgan fingerprint density at radius 2 is 1.70 bits per heavy atom. The molecule has 5 rings (SSSR count). The van der Waals surface area contributed by atoms with E-state index in [1.807, 2.05) is 32.9 Å². The average molecular weight is 639 g/mol. The minimum atomic E-state index is -4.66.